The van der Waals surface area contributed by atoms with E-state index in [0.717, 1.165) is 50.4 Å². The maximum atomic E-state index is 9.11. The maximum Gasteiger partial charge on any atom is 0.0726 e. The first-order valence-electron chi connectivity index (χ1n) is 22.0. The number of rotatable bonds is 6. The molecule has 12 rings (SSSR count). The van der Waals surface area contributed by atoms with Crippen molar-refractivity contribution in [2.24, 2.45) is 0 Å². The lowest BCUT2D eigenvalue weighted by atomic mass is 9.70. The van der Waals surface area contributed by atoms with Gasteiger partial charge in [0.1, 0.15) is 0 Å². The van der Waals surface area contributed by atoms with E-state index < -0.39 is 11.5 Å². The van der Waals surface area contributed by atoms with Gasteiger partial charge in [-0.1, -0.05) is 139 Å². The molecule has 2 nitrogen and oxygen atoms in total. The minimum Gasteiger partial charge on any atom is -0.310 e. The summed E-state index contributed by atoms with van der Waals surface area (Å²) in [6, 6.07) is 64.4. The Hall–Kier alpha value is -7.20. The van der Waals surface area contributed by atoms with Crippen LogP contribution in [0.5, 0.6) is 0 Å². The summed E-state index contributed by atoms with van der Waals surface area (Å²) in [6.07, 6.45) is 0. The SMILES string of the molecule is [2H]c1c([2H])c([2H])c(N(c2ccccc2)c2ccc3c(c2)C2(c4ccccc4-c4cc(N(c5ccccc5)c5cccc6sc7ccccc7c56)ccc42)c2ccccc2-3)c([2H])c1[2H]. The van der Waals surface area contributed by atoms with Crippen LogP contribution in [0, 0.1) is 0 Å². The average Bonchev–Trinajstić information content (AvgIpc) is 3.96. The zero-order chi connectivity index (χ0) is 42.6. The van der Waals surface area contributed by atoms with Gasteiger partial charge in [-0.25, -0.2) is 0 Å². The zero-order valence-electron chi connectivity index (χ0n) is 36.2. The molecule has 2 aliphatic rings. The molecule has 0 N–H and O–H groups in total. The highest BCUT2D eigenvalue weighted by Crippen LogP contribution is 2.64. The first-order chi connectivity index (χ1) is 30.9. The Kier molecular flexibility index (Phi) is 6.29. The quantitative estimate of drug-likeness (QED) is 0.166. The van der Waals surface area contributed by atoms with E-state index in [1.54, 1.807) is 0 Å². The highest BCUT2D eigenvalue weighted by molar-refractivity contribution is 7.26. The van der Waals surface area contributed by atoms with E-state index in [9.17, 15) is 0 Å². The fourth-order valence-corrected chi connectivity index (χ4v) is 10.8. The number of benzene rings is 9. The Morgan fingerprint density at radius 1 is 0.379 bits per heavy atom. The van der Waals surface area contributed by atoms with Gasteiger partial charge in [0.15, 0.2) is 0 Å². The van der Waals surface area contributed by atoms with Crippen molar-refractivity contribution < 1.29 is 6.85 Å². The van der Waals surface area contributed by atoms with Crippen molar-refractivity contribution >= 4 is 65.6 Å². The zero-order valence-corrected chi connectivity index (χ0v) is 32.0. The van der Waals surface area contributed by atoms with Gasteiger partial charge in [0.25, 0.3) is 0 Å². The summed E-state index contributed by atoms with van der Waals surface area (Å²) in [5.41, 5.74) is 13.1. The number of thiophene rings is 1. The Labute approximate surface area is 349 Å². The summed E-state index contributed by atoms with van der Waals surface area (Å²) in [4.78, 5) is 4.20. The first kappa shape index (κ1) is 28.2. The van der Waals surface area contributed by atoms with Crippen molar-refractivity contribution in [3.05, 3.63) is 241 Å². The van der Waals surface area contributed by atoms with Crippen LogP contribution in [0.4, 0.5) is 34.1 Å². The predicted molar refractivity (Wildman–Crippen MR) is 245 cm³/mol. The van der Waals surface area contributed by atoms with Crippen molar-refractivity contribution in [2.75, 3.05) is 9.80 Å². The van der Waals surface area contributed by atoms with E-state index in [1.165, 1.54) is 31.3 Å². The third-order valence-electron chi connectivity index (χ3n) is 11.9. The van der Waals surface area contributed by atoms with Crippen LogP contribution in [0.25, 0.3) is 42.4 Å². The summed E-state index contributed by atoms with van der Waals surface area (Å²) in [7, 11) is 0. The maximum absolute atomic E-state index is 9.11. The Bertz CT molecular complexity index is 3470. The van der Waals surface area contributed by atoms with Gasteiger partial charge in [-0.3, -0.25) is 0 Å². The topological polar surface area (TPSA) is 6.48 Å². The van der Waals surface area contributed by atoms with Crippen molar-refractivity contribution in [1.82, 2.24) is 0 Å². The second-order valence-electron chi connectivity index (χ2n) is 14.9. The van der Waals surface area contributed by atoms with Crippen LogP contribution in [-0.4, -0.2) is 0 Å². The molecule has 3 heteroatoms. The molecular formula is C55H36N2S. The second-order valence-corrected chi connectivity index (χ2v) is 15.9. The lowest BCUT2D eigenvalue weighted by Crippen LogP contribution is -2.26. The molecule has 0 saturated heterocycles. The molecule has 272 valence electrons. The molecule has 1 unspecified atom stereocenters. The molecule has 0 aliphatic heterocycles. The summed E-state index contributed by atoms with van der Waals surface area (Å²) in [6.45, 7) is 0. The van der Waals surface area contributed by atoms with Crippen molar-refractivity contribution in [2.45, 2.75) is 5.41 Å². The van der Waals surface area contributed by atoms with E-state index in [0.29, 0.717) is 11.4 Å². The van der Waals surface area contributed by atoms with Gasteiger partial charge in [-0.2, -0.15) is 0 Å². The van der Waals surface area contributed by atoms with Gasteiger partial charge in [0, 0.05) is 48.6 Å². The molecule has 1 spiro atoms. The lowest BCUT2D eigenvalue weighted by Gasteiger charge is -2.32. The molecule has 0 radical (unpaired) electrons. The minimum absolute atomic E-state index is 0.1000. The van der Waals surface area contributed by atoms with Crippen LogP contribution < -0.4 is 9.80 Å². The summed E-state index contributed by atoms with van der Waals surface area (Å²) in [5.74, 6) is 0. The normalized spacial score (nSPS) is 15.8. The van der Waals surface area contributed by atoms with Gasteiger partial charge < -0.3 is 9.80 Å². The Morgan fingerprint density at radius 3 is 1.71 bits per heavy atom. The fourth-order valence-electron chi connectivity index (χ4n) is 9.68. The molecule has 1 heterocycles. The van der Waals surface area contributed by atoms with E-state index in [-0.39, 0.29) is 29.9 Å². The fraction of sp³-hybridized carbons (Fsp3) is 0.0182. The van der Waals surface area contributed by atoms with Crippen LogP contribution in [0.3, 0.4) is 0 Å². The third kappa shape index (κ3) is 4.71. The van der Waals surface area contributed by atoms with Gasteiger partial charge in [0.2, 0.25) is 0 Å². The number of hydrogen-bond donors (Lipinski definition) is 0. The van der Waals surface area contributed by atoms with Crippen molar-refractivity contribution in [1.29, 1.82) is 0 Å². The first-order valence-corrected chi connectivity index (χ1v) is 20.3. The molecule has 1 aromatic heterocycles. The minimum atomic E-state index is -0.713. The summed E-state index contributed by atoms with van der Waals surface area (Å²) in [5, 5.41) is 2.47. The monoisotopic (exact) mass is 761 g/mol. The van der Waals surface area contributed by atoms with Crippen LogP contribution in [0.15, 0.2) is 218 Å². The van der Waals surface area contributed by atoms with E-state index in [1.807, 2.05) is 52.6 Å². The van der Waals surface area contributed by atoms with Gasteiger partial charge >= 0.3 is 0 Å². The van der Waals surface area contributed by atoms with E-state index in [4.69, 9.17) is 6.85 Å². The van der Waals surface area contributed by atoms with Crippen molar-refractivity contribution in [3.8, 4) is 22.3 Å². The van der Waals surface area contributed by atoms with Crippen LogP contribution in [-0.2, 0) is 5.41 Å². The average molecular weight is 762 g/mol. The molecule has 2 aliphatic carbocycles. The van der Waals surface area contributed by atoms with Crippen LogP contribution >= 0.6 is 11.3 Å². The van der Waals surface area contributed by atoms with Crippen molar-refractivity contribution in [3.63, 3.8) is 0 Å². The molecule has 0 bridgehead atoms. The van der Waals surface area contributed by atoms with Gasteiger partial charge in [-0.05, 0) is 123 Å². The summed E-state index contributed by atoms with van der Waals surface area (Å²) >= 11 is 1.82. The Morgan fingerprint density at radius 2 is 0.948 bits per heavy atom. The molecule has 9 aromatic carbocycles. The predicted octanol–water partition coefficient (Wildman–Crippen LogP) is 15.3. The lowest BCUT2D eigenvalue weighted by molar-refractivity contribution is 0.793. The second kappa shape index (κ2) is 12.9. The summed E-state index contributed by atoms with van der Waals surface area (Å²) < 4.78 is 46.4. The molecule has 0 fully saturated rings. The van der Waals surface area contributed by atoms with Crippen LogP contribution in [0.1, 0.15) is 29.1 Å². The number of hydrogen-bond acceptors (Lipinski definition) is 3. The van der Waals surface area contributed by atoms with E-state index in [2.05, 4.69) is 157 Å². The standard InChI is InChI=1S/C55H36N2S/c1-4-17-37(18-5-1)56(38-19-6-2-7-20-38)41-31-33-44-42-23-10-13-26-47(42)55(50(44)36-41)48-27-14-11-24-43(48)46-35-40(32-34-49(46)55)57(39-21-8-3-9-22-39)51-28-16-30-53-54(51)45-25-12-15-29-52(45)58-53/h1-36H/i1D,4D,5D,17D,18D. The molecule has 0 saturated carbocycles. The van der Waals surface area contributed by atoms with Gasteiger partial charge in [0.05, 0.1) is 18.0 Å². The number of nitrogens with zero attached hydrogens (tertiary/aromatic N) is 2. The number of anilines is 6. The molecule has 1 atom stereocenters. The third-order valence-corrected chi connectivity index (χ3v) is 13.1. The largest absolute Gasteiger partial charge is 0.310 e. The van der Waals surface area contributed by atoms with Gasteiger partial charge in [-0.15, -0.1) is 11.3 Å². The molecule has 10 aromatic rings. The molecule has 0 amide bonds. The van der Waals surface area contributed by atoms with E-state index >= 15 is 0 Å². The smallest absolute Gasteiger partial charge is 0.0726 e. The van der Waals surface area contributed by atoms with Crippen LogP contribution in [0.2, 0.25) is 0 Å². The number of para-hydroxylation sites is 3. The molecular weight excluding hydrogens is 721 g/mol. The molecule has 58 heavy (non-hydrogen) atoms. The Balaban J connectivity index is 1.12. The highest BCUT2D eigenvalue weighted by atomic mass is 32.1. The number of fused-ring (bicyclic) bond motifs is 13. The highest BCUT2D eigenvalue weighted by Gasteiger charge is 2.52.